The summed E-state index contributed by atoms with van der Waals surface area (Å²) in [5, 5.41) is 1.08. The van der Waals surface area contributed by atoms with Crippen molar-refractivity contribution in [2.45, 2.75) is 32.1 Å². The number of nitrogens with two attached hydrogens (primary N) is 1. The highest BCUT2D eigenvalue weighted by Crippen LogP contribution is 2.35. The highest BCUT2D eigenvalue weighted by Gasteiger charge is 2.33. The first-order chi connectivity index (χ1) is 12.6. The van der Waals surface area contributed by atoms with E-state index in [0.717, 1.165) is 56.4 Å². The van der Waals surface area contributed by atoms with Crippen LogP contribution in [0.4, 0.5) is 5.13 Å². The van der Waals surface area contributed by atoms with Gasteiger partial charge in [-0.15, -0.1) is 11.3 Å². The monoisotopic (exact) mass is 378 g/mol. The summed E-state index contributed by atoms with van der Waals surface area (Å²) in [5.74, 6) is -0.0732. The molecule has 2 saturated heterocycles. The number of fused-ring (bicyclic) bond motifs is 1. The molecule has 1 atom stereocenters. The van der Waals surface area contributed by atoms with E-state index in [4.69, 9.17) is 15.5 Å². The number of primary amides is 1. The number of amides is 2. The molecule has 2 fully saturated rings. The van der Waals surface area contributed by atoms with Gasteiger partial charge in [-0.3, -0.25) is 9.59 Å². The number of hydrogen-bond donors (Lipinski definition) is 1. The maximum absolute atomic E-state index is 12.9. The lowest BCUT2D eigenvalue weighted by atomic mass is 9.88. The van der Waals surface area contributed by atoms with Crippen LogP contribution in [0, 0.1) is 11.8 Å². The molecule has 8 heteroatoms. The van der Waals surface area contributed by atoms with Crippen LogP contribution in [0.15, 0.2) is 0 Å². The quantitative estimate of drug-likeness (QED) is 0.841. The van der Waals surface area contributed by atoms with Crippen LogP contribution in [0.1, 0.15) is 29.8 Å². The molecule has 1 aliphatic carbocycles. The van der Waals surface area contributed by atoms with Crippen LogP contribution in [0.2, 0.25) is 0 Å². The lowest BCUT2D eigenvalue weighted by Gasteiger charge is -2.34. The zero-order valence-electron chi connectivity index (χ0n) is 15.0. The Bertz CT molecular complexity index is 678. The Kier molecular flexibility index (Phi) is 5.13. The van der Waals surface area contributed by atoms with Crippen LogP contribution in [-0.2, 0) is 27.2 Å². The predicted molar refractivity (Wildman–Crippen MR) is 99.2 cm³/mol. The molecule has 4 rings (SSSR count). The largest absolute Gasteiger partial charge is 0.378 e. The molecule has 1 unspecified atom stereocenters. The van der Waals surface area contributed by atoms with Gasteiger partial charge in [0.05, 0.1) is 18.9 Å². The number of aromatic nitrogens is 1. The van der Waals surface area contributed by atoms with Gasteiger partial charge in [0.2, 0.25) is 11.8 Å². The Hall–Kier alpha value is -1.67. The SMILES string of the molecule is NC(=O)C1CCN(C(=O)C2CCc3sc(N4CCOCC4)nc3C2)CC1. The summed E-state index contributed by atoms with van der Waals surface area (Å²) in [4.78, 5) is 34.6. The number of piperidine rings is 1. The van der Waals surface area contributed by atoms with Gasteiger partial charge >= 0.3 is 0 Å². The Morgan fingerprint density at radius 1 is 1.08 bits per heavy atom. The van der Waals surface area contributed by atoms with E-state index >= 15 is 0 Å². The zero-order chi connectivity index (χ0) is 18.1. The van der Waals surface area contributed by atoms with Gasteiger partial charge in [0, 0.05) is 49.3 Å². The summed E-state index contributed by atoms with van der Waals surface area (Å²) in [6.45, 7) is 4.59. The molecule has 2 aliphatic heterocycles. The lowest BCUT2D eigenvalue weighted by molar-refractivity contribution is -0.139. The number of carbonyl (C=O) groups is 2. The van der Waals surface area contributed by atoms with Crippen molar-refractivity contribution in [2.75, 3.05) is 44.3 Å². The van der Waals surface area contributed by atoms with Gasteiger partial charge < -0.3 is 20.3 Å². The van der Waals surface area contributed by atoms with Crippen molar-refractivity contribution < 1.29 is 14.3 Å². The van der Waals surface area contributed by atoms with E-state index in [1.165, 1.54) is 4.88 Å². The van der Waals surface area contributed by atoms with Gasteiger partial charge in [-0.05, 0) is 25.7 Å². The number of aryl methyl sites for hydroxylation is 1. The molecule has 2 N–H and O–H groups in total. The molecule has 0 radical (unpaired) electrons. The average Bonchev–Trinajstić information content (AvgIpc) is 3.11. The Morgan fingerprint density at radius 2 is 1.81 bits per heavy atom. The first-order valence-electron chi connectivity index (χ1n) is 9.51. The number of ether oxygens (including phenoxy) is 1. The van der Waals surface area contributed by atoms with Crippen LogP contribution in [-0.4, -0.2) is 61.1 Å². The summed E-state index contributed by atoms with van der Waals surface area (Å²) >= 11 is 1.78. The predicted octanol–water partition coefficient (Wildman–Crippen LogP) is 0.808. The van der Waals surface area contributed by atoms with Crippen LogP contribution in [0.5, 0.6) is 0 Å². The summed E-state index contributed by atoms with van der Waals surface area (Å²) in [6, 6.07) is 0. The fourth-order valence-corrected chi connectivity index (χ4v) is 5.26. The molecule has 0 spiro atoms. The van der Waals surface area contributed by atoms with E-state index in [2.05, 4.69) is 4.90 Å². The number of carbonyl (C=O) groups excluding carboxylic acids is 2. The average molecular weight is 378 g/mol. The normalized spacial score (nSPS) is 24.4. The highest BCUT2D eigenvalue weighted by molar-refractivity contribution is 7.15. The molecule has 26 heavy (non-hydrogen) atoms. The van der Waals surface area contributed by atoms with E-state index in [1.807, 2.05) is 4.90 Å². The van der Waals surface area contributed by atoms with E-state index in [0.29, 0.717) is 25.9 Å². The smallest absolute Gasteiger partial charge is 0.226 e. The lowest BCUT2D eigenvalue weighted by Crippen LogP contribution is -2.45. The maximum atomic E-state index is 12.9. The van der Waals surface area contributed by atoms with Crippen molar-refractivity contribution in [1.82, 2.24) is 9.88 Å². The minimum absolute atomic E-state index is 0.0206. The van der Waals surface area contributed by atoms with Crippen LogP contribution in [0.3, 0.4) is 0 Å². The molecule has 1 aromatic heterocycles. The van der Waals surface area contributed by atoms with Gasteiger partial charge in [0.25, 0.3) is 0 Å². The molecule has 3 heterocycles. The van der Waals surface area contributed by atoms with Gasteiger partial charge in [0.1, 0.15) is 0 Å². The standard InChI is InChI=1S/C18H26N4O3S/c19-16(23)12-3-5-21(6-4-12)17(24)13-1-2-15-14(11-13)20-18(26-15)22-7-9-25-10-8-22/h12-13H,1-11H2,(H2,19,23). The molecular formula is C18H26N4O3S. The number of morpholine rings is 1. The van der Waals surface area contributed by atoms with Crippen molar-refractivity contribution in [3.63, 3.8) is 0 Å². The molecule has 1 aromatic rings. The number of anilines is 1. The van der Waals surface area contributed by atoms with Crippen molar-refractivity contribution in [3.05, 3.63) is 10.6 Å². The van der Waals surface area contributed by atoms with Crippen molar-refractivity contribution in [2.24, 2.45) is 17.6 Å². The van der Waals surface area contributed by atoms with Crippen LogP contribution < -0.4 is 10.6 Å². The second-order valence-electron chi connectivity index (χ2n) is 7.41. The van der Waals surface area contributed by atoms with Crippen LogP contribution in [0.25, 0.3) is 0 Å². The Labute approximate surface area is 157 Å². The maximum Gasteiger partial charge on any atom is 0.226 e. The summed E-state index contributed by atoms with van der Waals surface area (Å²) in [5.41, 5.74) is 6.49. The summed E-state index contributed by atoms with van der Waals surface area (Å²) in [6.07, 6.45) is 3.95. The third-order valence-electron chi connectivity index (χ3n) is 5.77. The molecule has 0 saturated carbocycles. The van der Waals surface area contributed by atoms with Gasteiger partial charge in [-0.2, -0.15) is 0 Å². The summed E-state index contributed by atoms with van der Waals surface area (Å²) in [7, 11) is 0. The van der Waals surface area contributed by atoms with Gasteiger partial charge in [0.15, 0.2) is 5.13 Å². The van der Waals surface area contributed by atoms with E-state index in [-0.39, 0.29) is 23.7 Å². The first kappa shape index (κ1) is 17.7. The minimum Gasteiger partial charge on any atom is -0.378 e. The number of hydrogen-bond acceptors (Lipinski definition) is 6. The van der Waals surface area contributed by atoms with Gasteiger partial charge in [-0.1, -0.05) is 0 Å². The topological polar surface area (TPSA) is 88.8 Å². The van der Waals surface area contributed by atoms with E-state index in [1.54, 1.807) is 11.3 Å². The van der Waals surface area contributed by atoms with E-state index in [9.17, 15) is 9.59 Å². The fraction of sp³-hybridized carbons (Fsp3) is 0.722. The first-order valence-corrected chi connectivity index (χ1v) is 10.3. The molecule has 2 amide bonds. The van der Waals surface area contributed by atoms with E-state index < -0.39 is 0 Å². The van der Waals surface area contributed by atoms with Gasteiger partial charge in [-0.25, -0.2) is 4.98 Å². The molecule has 7 nitrogen and oxygen atoms in total. The second kappa shape index (κ2) is 7.52. The molecule has 0 bridgehead atoms. The fourth-order valence-electron chi connectivity index (χ4n) is 4.11. The minimum atomic E-state index is -0.238. The Balaban J connectivity index is 1.38. The van der Waals surface area contributed by atoms with Crippen molar-refractivity contribution in [1.29, 1.82) is 0 Å². The molecule has 0 aromatic carbocycles. The number of nitrogens with zero attached hydrogens (tertiary/aromatic N) is 3. The number of rotatable bonds is 3. The molecule has 3 aliphatic rings. The Morgan fingerprint density at radius 3 is 2.50 bits per heavy atom. The molecule has 142 valence electrons. The molecular weight excluding hydrogens is 352 g/mol. The number of thiazole rings is 1. The summed E-state index contributed by atoms with van der Waals surface area (Å²) < 4.78 is 5.42. The third-order valence-corrected chi connectivity index (χ3v) is 6.98. The second-order valence-corrected chi connectivity index (χ2v) is 8.47. The third kappa shape index (κ3) is 3.57. The van der Waals surface area contributed by atoms with Crippen LogP contribution >= 0.6 is 11.3 Å². The highest BCUT2D eigenvalue weighted by atomic mass is 32.1. The zero-order valence-corrected chi connectivity index (χ0v) is 15.8. The number of likely N-dealkylation sites (tertiary alicyclic amines) is 1. The van der Waals surface area contributed by atoms with Crippen molar-refractivity contribution >= 4 is 28.3 Å². The van der Waals surface area contributed by atoms with Crippen molar-refractivity contribution in [3.8, 4) is 0 Å².